The number of anilines is 3. The van der Waals surface area contributed by atoms with Crippen LogP contribution in [0.3, 0.4) is 0 Å². The van der Waals surface area contributed by atoms with Crippen LogP contribution in [0.2, 0.25) is 0 Å². The van der Waals surface area contributed by atoms with E-state index >= 15 is 0 Å². The molecule has 1 aromatic carbocycles. The lowest BCUT2D eigenvalue weighted by atomic mass is 10.1. The average Bonchev–Trinajstić information content (AvgIpc) is 2.73. The lowest BCUT2D eigenvalue weighted by Gasteiger charge is -2.41. The minimum Gasteiger partial charge on any atom is -0.444 e. The van der Waals surface area contributed by atoms with Crippen LogP contribution in [0.15, 0.2) is 36.7 Å². The number of piperazine rings is 1. The zero-order valence-corrected chi connectivity index (χ0v) is 18.7. The fraction of sp³-hybridized carbons (Fsp3) is 0.435. The zero-order chi connectivity index (χ0) is 24.2. The normalized spacial score (nSPS) is 16.8. The topological polar surface area (TPSA) is 70.6 Å². The summed E-state index contributed by atoms with van der Waals surface area (Å²) >= 11 is 0. The number of hydrogen-bond acceptors (Lipinski definition) is 6. The van der Waals surface area contributed by atoms with Gasteiger partial charge in [-0.2, -0.15) is 13.2 Å². The lowest BCUT2D eigenvalue weighted by Crippen LogP contribution is -2.56. The van der Waals surface area contributed by atoms with E-state index in [9.17, 15) is 18.0 Å². The molecule has 33 heavy (non-hydrogen) atoms. The van der Waals surface area contributed by atoms with E-state index in [1.807, 2.05) is 4.90 Å². The Bertz CT molecular complexity index is 1010. The van der Waals surface area contributed by atoms with E-state index in [0.29, 0.717) is 43.4 Å². The van der Waals surface area contributed by atoms with Gasteiger partial charge in [0.15, 0.2) is 11.6 Å². The van der Waals surface area contributed by atoms with Crippen molar-refractivity contribution < 1.29 is 22.7 Å². The molecule has 176 valence electrons. The molecule has 1 aromatic heterocycles. The van der Waals surface area contributed by atoms with Crippen molar-refractivity contribution in [2.45, 2.75) is 45.0 Å². The Labute approximate surface area is 191 Å². The molecule has 3 rings (SSSR count). The number of carbonyl (C=O) groups excluding carboxylic acids is 1. The predicted molar refractivity (Wildman–Crippen MR) is 119 cm³/mol. The molecule has 0 spiro atoms. The summed E-state index contributed by atoms with van der Waals surface area (Å²) in [7, 11) is 0. The first kappa shape index (κ1) is 24.2. The molecule has 1 fully saturated rings. The molecule has 1 atom stereocenters. The van der Waals surface area contributed by atoms with Gasteiger partial charge in [0.05, 0.1) is 11.6 Å². The summed E-state index contributed by atoms with van der Waals surface area (Å²) in [6.07, 6.45) is 4.06. The monoisotopic (exact) mass is 461 g/mol. The number of amides is 1. The first-order chi connectivity index (χ1) is 15.5. The summed E-state index contributed by atoms with van der Waals surface area (Å²) in [5, 5.41) is 3.03. The fourth-order valence-corrected chi connectivity index (χ4v) is 3.45. The Morgan fingerprint density at radius 2 is 1.85 bits per heavy atom. The molecule has 1 aliphatic rings. The molecular formula is C23H26F3N5O2. The standard InChI is InChI=1S/C23H26F3N5O2/c1-5-6-18-15-30(13-14-31(18)21(32)33-22(2,3)4)20-19(27-11-12-28-20)29-17-9-7-16(8-10-17)23(24,25)26/h1,7-12,18H,6,13-15H2,2-4H3,(H,27,29). The number of carbonyl (C=O) groups is 1. The van der Waals surface area contributed by atoms with Crippen LogP contribution in [-0.2, 0) is 10.9 Å². The predicted octanol–water partition coefficient (Wildman–Crippen LogP) is 4.69. The Balaban J connectivity index is 1.78. The van der Waals surface area contributed by atoms with Crippen molar-refractivity contribution in [1.82, 2.24) is 14.9 Å². The summed E-state index contributed by atoms with van der Waals surface area (Å²) in [6.45, 7) is 6.64. The zero-order valence-electron chi connectivity index (χ0n) is 18.7. The molecular weight excluding hydrogens is 435 g/mol. The molecule has 0 saturated carbocycles. The van der Waals surface area contributed by atoms with Gasteiger partial charge in [0.2, 0.25) is 0 Å². The van der Waals surface area contributed by atoms with Gasteiger partial charge < -0.3 is 19.9 Å². The van der Waals surface area contributed by atoms with Crippen LogP contribution < -0.4 is 10.2 Å². The van der Waals surface area contributed by atoms with Crippen molar-refractivity contribution in [3.63, 3.8) is 0 Å². The van der Waals surface area contributed by atoms with Gasteiger partial charge in [0, 0.05) is 44.1 Å². The van der Waals surface area contributed by atoms with E-state index < -0.39 is 23.4 Å². The average molecular weight is 461 g/mol. The molecule has 2 heterocycles. The van der Waals surface area contributed by atoms with E-state index in [0.717, 1.165) is 12.1 Å². The third kappa shape index (κ3) is 6.28. The second-order valence-electron chi connectivity index (χ2n) is 8.61. The quantitative estimate of drug-likeness (QED) is 0.667. The van der Waals surface area contributed by atoms with Crippen LogP contribution in [0.5, 0.6) is 0 Å². The number of benzene rings is 1. The van der Waals surface area contributed by atoms with Crippen LogP contribution in [0.1, 0.15) is 32.8 Å². The van der Waals surface area contributed by atoms with Crippen LogP contribution >= 0.6 is 0 Å². The van der Waals surface area contributed by atoms with Gasteiger partial charge in [-0.05, 0) is 45.0 Å². The molecule has 1 aliphatic heterocycles. The van der Waals surface area contributed by atoms with Crippen molar-refractivity contribution in [2.24, 2.45) is 0 Å². The minimum atomic E-state index is -4.41. The molecule has 1 saturated heterocycles. The smallest absolute Gasteiger partial charge is 0.416 e. The third-order valence-corrected chi connectivity index (χ3v) is 4.92. The summed E-state index contributed by atoms with van der Waals surface area (Å²) in [5.74, 6) is 3.52. The Morgan fingerprint density at radius 3 is 2.45 bits per heavy atom. The van der Waals surface area contributed by atoms with Gasteiger partial charge >= 0.3 is 12.3 Å². The number of nitrogens with one attached hydrogen (secondary N) is 1. The molecule has 10 heteroatoms. The number of alkyl halides is 3. The van der Waals surface area contributed by atoms with Crippen molar-refractivity contribution in [1.29, 1.82) is 0 Å². The number of nitrogens with zero attached hydrogens (tertiary/aromatic N) is 4. The Hall–Kier alpha value is -3.48. The fourth-order valence-electron chi connectivity index (χ4n) is 3.45. The largest absolute Gasteiger partial charge is 0.444 e. The number of aromatic nitrogens is 2. The van der Waals surface area contributed by atoms with Crippen LogP contribution in [0.4, 0.5) is 35.3 Å². The van der Waals surface area contributed by atoms with Crippen molar-refractivity contribution >= 4 is 23.4 Å². The van der Waals surface area contributed by atoms with Gasteiger partial charge in [-0.1, -0.05) is 0 Å². The van der Waals surface area contributed by atoms with Gasteiger partial charge in [0.1, 0.15) is 5.60 Å². The van der Waals surface area contributed by atoms with E-state index in [-0.39, 0.29) is 6.04 Å². The maximum absolute atomic E-state index is 12.8. The SMILES string of the molecule is C#CCC1CN(c2nccnc2Nc2ccc(C(F)(F)F)cc2)CCN1C(=O)OC(C)(C)C. The number of halogens is 3. The highest BCUT2D eigenvalue weighted by atomic mass is 19.4. The minimum absolute atomic E-state index is 0.292. The molecule has 1 N–H and O–H groups in total. The van der Waals surface area contributed by atoms with Gasteiger partial charge in [0.25, 0.3) is 0 Å². The van der Waals surface area contributed by atoms with Gasteiger partial charge in [-0.15, -0.1) is 12.3 Å². The number of hydrogen-bond donors (Lipinski definition) is 1. The molecule has 2 aromatic rings. The highest BCUT2D eigenvalue weighted by molar-refractivity contribution is 5.71. The van der Waals surface area contributed by atoms with E-state index in [2.05, 4.69) is 21.2 Å². The molecule has 1 amide bonds. The Morgan fingerprint density at radius 1 is 1.18 bits per heavy atom. The highest BCUT2D eigenvalue weighted by Crippen LogP contribution is 2.32. The second-order valence-corrected chi connectivity index (χ2v) is 8.61. The summed E-state index contributed by atoms with van der Waals surface area (Å²) in [4.78, 5) is 24.9. The van der Waals surface area contributed by atoms with Crippen molar-refractivity contribution in [2.75, 3.05) is 29.9 Å². The van der Waals surface area contributed by atoms with E-state index in [1.54, 1.807) is 25.7 Å². The molecule has 7 nitrogen and oxygen atoms in total. The van der Waals surface area contributed by atoms with Crippen molar-refractivity contribution in [3.05, 3.63) is 42.2 Å². The lowest BCUT2D eigenvalue weighted by molar-refractivity contribution is -0.137. The second kappa shape index (κ2) is 9.57. The third-order valence-electron chi connectivity index (χ3n) is 4.92. The molecule has 0 bridgehead atoms. The van der Waals surface area contributed by atoms with Crippen LogP contribution in [0.25, 0.3) is 0 Å². The maximum atomic E-state index is 12.8. The summed E-state index contributed by atoms with van der Waals surface area (Å²) < 4.78 is 44.0. The first-order valence-corrected chi connectivity index (χ1v) is 10.4. The first-order valence-electron chi connectivity index (χ1n) is 10.4. The van der Waals surface area contributed by atoms with E-state index in [1.165, 1.54) is 24.5 Å². The van der Waals surface area contributed by atoms with Crippen molar-refractivity contribution in [3.8, 4) is 12.3 Å². The molecule has 1 unspecified atom stereocenters. The van der Waals surface area contributed by atoms with Crippen LogP contribution in [-0.4, -0.2) is 52.2 Å². The highest BCUT2D eigenvalue weighted by Gasteiger charge is 2.34. The maximum Gasteiger partial charge on any atom is 0.416 e. The van der Waals surface area contributed by atoms with Gasteiger partial charge in [-0.25, -0.2) is 14.8 Å². The van der Waals surface area contributed by atoms with E-state index in [4.69, 9.17) is 11.2 Å². The number of rotatable bonds is 4. The molecule has 0 radical (unpaired) electrons. The molecule has 0 aliphatic carbocycles. The Kier molecular flexibility index (Phi) is 7.01. The number of terminal acetylenes is 1. The summed E-state index contributed by atoms with van der Waals surface area (Å²) in [6, 6.07) is 4.38. The summed E-state index contributed by atoms with van der Waals surface area (Å²) in [5.41, 5.74) is -0.918. The van der Waals surface area contributed by atoms with Gasteiger partial charge in [-0.3, -0.25) is 0 Å². The number of ether oxygens (including phenoxy) is 1. The van der Waals surface area contributed by atoms with Crippen LogP contribution in [0, 0.1) is 12.3 Å².